The number of carbonyl (C=O) groups is 3. The van der Waals surface area contributed by atoms with Crippen LogP contribution in [-0.4, -0.2) is 40.3 Å². The highest BCUT2D eigenvalue weighted by Crippen LogP contribution is 2.32. The maximum Gasteiger partial charge on any atom is 0.229 e. The van der Waals surface area contributed by atoms with Crippen LogP contribution < -0.4 is 0 Å². The van der Waals surface area contributed by atoms with Gasteiger partial charge in [0.2, 0.25) is 11.8 Å². The average Bonchev–Trinajstić information content (AvgIpc) is 2.38. The van der Waals surface area contributed by atoms with Crippen molar-refractivity contribution >= 4 is 17.6 Å². The van der Waals surface area contributed by atoms with Gasteiger partial charge in [-0.05, 0) is 25.2 Å². The van der Waals surface area contributed by atoms with E-state index in [-0.39, 0.29) is 30.1 Å². The first-order chi connectivity index (χ1) is 9.40. The fraction of sp³-hybridized carbons (Fsp3) is 0.800. The Balaban J connectivity index is 2.03. The molecule has 1 aliphatic heterocycles. The van der Waals surface area contributed by atoms with Crippen molar-refractivity contribution in [2.24, 2.45) is 17.8 Å². The zero-order valence-electron chi connectivity index (χ0n) is 12.2. The molecular formula is C15H23NO4. The standard InChI is InChI=1S/C15H23NO4/c1-9-6-10(2)15(20)11(7-9)12(17)8-16-13(18)4-3-5-14(16)19/h9-12,17H,3-8H2,1-2H3/t9-,10-,11-,12-/m0/s1. The van der Waals surface area contributed by atoms with Crippen molar-refractivity contribution < 1.29 is 19.5 Å². The molecule has 1 aliphatic carbocycles. The largest absolute Gasteiger partial charge is 0.391 e. The van der Waals surface area contributed by atoms with E-state index in [2.05, 4.69) is 6.92 Å². The van der Waals surface area contributed by atoms with Gasteiger partial charge in [0.25, 0.3) is 0 Å². The second kappa shape index (κ2) is 6.04. The second-order valence-corrected chi connectivity index (χ2v) is 6.31. The predicted octanol–water partition coefficient (Wildman–Crippen LogP) is 1.14. The molecule has 5 nitrogen and oxygen atoms in total. The van der Waals surface area contributed by atoms with Gasteiger partial charge in [0.15, 0.2) is 0 Å². The number of ketones is 1. The first-order valence-electron chi connectivity index (χ1n) is 7.45. The number of likely N-dealkylation sites (tertiary alicyclic amines) is 1. The van der Waals surface area contributed by atoms with E-state index in [4.69, 9.17) is 0 Å². The minimum absolute atomic E-state index is 0.0342. The summed E-state index contributed by atoms with van der Waals surface area (Å²) in [7, 11) is 0. The zero-order chi connectivity index (χ0) is 14.9. The number of aliphatic hydroxyl groups is 1. The average molecular weight is 281 g/mol. The van der Waals surface area contributed by atoms with Crippen molar-refractivity contribution in [3.05, 3.63) is 0 Å². The lowest BCUT2D eigenvalue weighted by Crippen LogP contribution is -2.49. The summed E-state index contributed by atoms with van der Waals surface area (Å²) in [5.74, 6) is -0.514. The molecule has 0 unspecified atom stereocenters. The zero-order valence-corrected chi connectivity index (χ0v) is 12.2. The van der Waals surface area contributed by atoms with Crippen LogP contribution in [0.25, 0.3) is 0 Å². The summed E-state index contributed by atoms with van der Waals surface area (Å²) >= 11 is 0. The number of rotatable bonds is 3. The van der Waals surface area contributed by atoms with E-state index in [1.165, 1.54) is 0 Å². The van der Waals surface area contributed by atoms with Crippen LogP contribution in [0.2, 0.25) is 0 Å². The van der Waals surface area contributed by atoms with Crippen molar-refractivity contribution in [1.29, 1.82) is 0 Å². The summed E-state index contributed by atoms with van der Waals surface area (Å²) in [5, 5.41) is 10.3. The first-order valence-corrected chi connectivity index (χ1v) is 7.45. The van der Waals surface area contributed by atoms with E-state index in [1.54, 1.807) is 0 Å². The SMILES string of the molecule is C[C@@H]1C[C@@H]([C@@H](O)CN2C(=O)CCCC2=O)C(=O)[C@@H](C)C1. The summed E-state index contributed by atoms with van der Waals surface area (Å²) in [5.41, 5.74) is 0. The van der Waals surface area contributed by atoms with Crippen molar-refractivity contribution in [1.82, 2.24) is 4.90 Å². The highest BCUT2D eigenvalue weighted by atomic mass is 16.3. The highest BCUT2D eigenvalue weighted by Gasteiger charge is 2.38. The molecule has 2 amide bonds. The van der Waals surface area contributed by atoms with E-state index in [1.807, 2.05) is 6.92 Å². The molecule has 0 spiro atoms. The smallest absolute Gasteiger partial charge is 0.229 e. The molecule has 2 rings (SSSR count). The van der Waals surface area contributed by atoms with Crippen molar-refractivity contribution in [2.45, 2.75) is 52.1 Å². The lowest BCUT2D eigenvalue weighted by molar-refractivity contribution is -0.152. The third-order valence-electron chi connectivity index (χ3n) is 4.48. The van der Waals surface area contributed by atoms with Gasteiger partial charge in [0.05, 0.1) is 12.6 Å². The number of Topliss-reactive ketones (excluding diaryl/α,β-unsaturated/α-hetero) is 1. The molecule has 0 aromatic carbocycles. The number of hydrogen-bond acceptors (Lipinski definition) is 4. The molecule has 2 fully saturated rings. The van der Waals surface area contributed by atoms with Crippen LogP contribution in [0.15, 0.2) is 0 Å². The van der Waals surface area contributed by atoms with Crippen LogP contribution in [0.5, 0.6) is 0 Å². The Labute approximate surface area is 119 Å². The Morgan fingerprint density at radius 1 is 1.15 bits per heavy atom. The lowest BCUT2D eigenvalue weighted by atomic mass is 9.73. The minimum atomic E-state index is -0.932. The maximum atomic E-state index is 12.2. The van der Waals surface area contributed by atoms with Gasteiger partial charge >= 0.3 is 0 Å². The number of β-amino-alcohol motifs (C(OH)–C–C–N with tert-alkyl or cyclic N) is 1. The number of aliphatic hydroxyl groups excluding tert-OH is 1. The molecule has 0 bridgehead atoms. The van der Waals surface area contributed by atoms with Crippen molar-refractivity contribution in [3.63, 3.8) is 0 Å². The Kier molecular flexibility index (Phi) is 4.58. The van der Waals surface area contributed by atoms with Gasteiger partial charge in [0.1, 0.15) is 5.78 Å². The Morgan fingerprint density at radius 2 is 1.75 bits per heavy atom. The first kappa shape index (κ1) is 15.2. The molecule has 0 radical (unpaired) electrons. The summed E-state index contributed by atoms with van der Waals surface area (Å²) in [6, 6.07) is 0. The molecule has 2 aliphatic rings. The summed E-state index contributed by atoms with van der Waals surface area (Å²) in [6.45, 7) is 3.92. The molecular weight excluding hydrogens is 258 g/mol. The number of nitrogens with zero attached hydrogens (tertiary/aromatic N) is 1. The quantitative estimate of drug-likeness (QED) is 0.787. The molecule has 112 valence electrons. The van der Waals surface area contributed by atoms with Gasteiger partial charge in [0, 0.05) is 24.7 Å². The second-order valence-electron chi connectivity index (χ2n) is 6.31. The van der Waals surface area contributed by atoms with Gasteiger partial charge in [-0.3, -0.25) is 19.3 Å². The number of piperidine rings is 1. The van der Waals surface area contributed by atoms with Crippen LogP contribution in [0.1, 0.15) is 46.0 Å². The summed E-state index contributed by atoms with van der Waals surface area (Å²) < 4.78 is 0. The van der Waals surface area contributed by atoms with Crippen LogP contribution in [0.4, 0.5) is 0 Å². The highest BCUT2D eigenvalue weighted by molar-refractivity contribution is 5.97. The summed E-state index contributed by atoms with van der Waals surface area (Å²) in [4.78, 5) is 36.8. The Bertz CT molecular complexity index is 404. The third-order valence-corrected chi connectivity index (χ3v) is 4.48. The maximum absolute atomic E-state index is 12.2. The van der Waals surface area contributed by atoms with Crippen molar-refractivity contribution in [3.8, 4) is 0 Å². The molecule has 0 aromatic rings. The number of imide groups is 1. The van der Waals surface area contributed by atoms with Gasteiger partial charge in [-0.2, -0.15) is 0 Å². The van der Waals surface area contributed by atoms with Crippen LogP contribution in [-0.2, 0) is 14.4 Å². The van der Waals surface area contributed by atoms with Crippen LogP contribution in [0, 0.1) is 17.8 Å². The topological polar surface area (TPSA) is 74.7 Å². The molecule has 5 heteroatoms. The fourth-order valence-corrected chi connectivity index (χ4v) is 3.40. The monoisotopic (exact) mass is 281 g/mol. The van der Waals surface area contributed by atoms with Gasteiger partial charge in [-0.1, -0.05) is 13.8 Å². The van der Waals surface area contributed by atoms with Gasteiger partial charge in [-0.15, -0.1) is 0 Å². The van der Waals surface area contributed by atoms with E-state index in [9.17, 15) is 19.5 Å². The Hall–Kier alpha value is -1.23. The Morgan fingerprint density at radius 3 is 2.35 bits per heavy atom. The molecule has 1 N–H and O–H groups in total. The van der Waals surface area contributed by atoms with E-state index >= 15 is 0 Å². The fourth-order valence-electron chi connectivity index (χ4n) is 3.40. The summed E-state index contributed by atoms with van der Waals surface area (Å²) in [6.07, 6.45) is 1.84. The number of carbonyl (C=O) groups excluding carboxylic acids is 3. The molecule has 1 saturated heterocycles. The molecule has 20 heavy (non-hydrogen) atoms. The van der Waals surface area contributed by atoms with Gasteiger partial charge < -0.3 is 5.11 Å². The van der Waals surface area contributed by atoms with E-state index < -0.39 is 12.0 Å². The molecule has 4 atom stereocenters. The van der Waals surface area contributed by atoms with Crippen molar-refractivity contribution in [2.75, 3.05) is 6.54 Å². The third kappa shape index (κ3) is 3.08. The van der Waals surface area contributed by atoms with E-state index in [0.29, 0.717) is 31.6 Å². The normalized spacial score (nSPS) is 33.5. The predicted molar refractivity (Wildman–Crippen MR) is 72.6 cm³/mol. The number of hydrogen-bond donors (Lipinski definition) is 1. The molecule has 1 saturated carbocycles. The van der Waals surface area contributed by atoms with Crippen LogP contribution >= 0.6 is 0 Å². The lowest BCUT2D eigenvalue weighted by Gasteiger charge is -2.35. The van der Waals surface area contributed by atoms with Gasteiger partial charge in [-0.25, -0.2) is 0 Å². The van der Waals surface area contributed by atoms with E-state index in [0.717, 1.165) is 11.3 Å². The minimum Gasteiger partial charge on any atom is -0.391 e. The number of amides is 2. The molecule has 1 heterocycles. The van der Waals surface area contributed by atoms with Crippen LogP contribution in [0.3, 0.4) is 0 Å². The molecule has 0 aromatic heterocycles.